The summed E-state index contributed by atoms with van der Waals surface area (Å²) < 4.78 is 0. The molecule has 0 aliphatic carbocycles. The van der Waals surface area contributed by atoms with Gasteiger partial charge < -0.3 is 10.6 Å². The fourth-order valence-corrected chi connectivity index (χ4v) is 2.27. The maximum atomic E-state index is 5.96. The van der Waals surface area contributed by atoms with E-state index in [1.165, 1.54) is 0 Å². The van der Waals surface area contributed by atoms with Crippen LogP contribution in [0.25, 0.3) is 6.08 Å². The molecular weight excluding hydrogens is 234 g/mol. The monoisotopic (exact) mass is 251 g/mol. The van der Waals surface area contributed by atoms with Gasteiger partial charge in [-0.1, -0.05) is 0 Å². The summed E-state index contributed by atoms with van der Waals surface area (Å²) in [6, 6.07) is 10.4. The number of hydrogen-bond acceptors (Lipinski definition) is 3. The van der Waals surface area contributed by atoms with E-state index >= 15 is 0 Å². The maximum absolute atomic E-state index is 5.96. The van der Waals surface area contributed by atoms with E-state index in [9.17, 15) is 0 Å². The molecule has 3 nitrogen and oxygen atoms in total. The molecule has 1 aliphatic heterocycles. The average molecular weight is 251 g/mol. The summed E-state index contributed by atoms with van der Waals surface area (Å²) in [7, 11) is 4.06. The van der Waals surface area contributed by atoms with Gasteiger partial charge in [0.15, 0.2) is 0 Å². The molecule has 2 N–H and O–H groups in total. The number of nitrogen functional groups attached to an aromatic ring is 1. The zero-order chi connectivity index (χ0) is 13.6. The standard InChI is InChI=1S/C16H17N3/c1-10-6-12-7-11-4-5-13(19(2)3)8-15(11)18-16(12)9-14(10)17/h4-9H,17H2,1-3H3/q+1. The van der Waals surface area contributed by atoms with Crippen LogP contribution in [0.4, 0.5) is 17.1 Å². The first kappa shape index (κ1) is 11.8. The van der Waals surface area contributed by atoms with E-state index in [0.717, 1.165) is 38.8 Å². The summed E-state index contributed by atoms with van der Waals surface area (Å²) in [5, 5.41) is 2.09. The molecule has 1 heterocycles. The largest absolute Gasteiger partial charge is 0.398 e. The molecule has 19 heavy (non-hydrogen) atoms. The number of rotatable bonds is 1. The van der Waals surface area contributed by atoms with Gasteiger partial charge in [0.2, 0.25) is 0 Å². The molecule has 95 valence electrons. The topological polar surface area (TPSA) is 43.4 Å². The van der Waals surface area contributed by atoms with Crippen molar-refractivity contribution in [2.45, 2.75) is 6.92 Å². The SMILES string of the molecule is Cc1cc2c(cc1N)=[N+]c1cc(N(C)C)ccc1C=2. The van der Waals surface area contributed by atoms with Crippen molar-refractivity contribution in [2.24, 2.45) is 0 Å². The van der Waals surface area contributed by atoms with Crippen LogP contribution in [0.2, 0.25) is 0 Å². The molecule has 2 aromatic rings. The van der Waals surface area contributed by atoms with Gasteiger partial charge in [-0.25, -0.2) is 0 Å². The normalized spacial score (nSPS) is 11.9. The molecule has 0 atom stereocenters. The van der Waals surface area contributed by atoms with Crippen LogP contribution in [-0.4, -0.2) is 14.1 Å². The van der Waals surface area contributed by atoms with Crippen molar-refractivity contribution < 1.29 is 0 Å². The summed E-state index contributed by atoms with van der Waals surface area (Å²) in [6.45, 7) is 2.02. The lowest BCUT2D eigenvalue weighted by atomic mass is 10.0. The van der Waals surface area contributed by atoms with E-state index in [-0.39, 0.29) is 0 Å². The minimum absolute atomic E-state index is 0.795. The van der Waals surface area contributed by atoms with Crippen LogP contribution in [0, 0.1) is 6.92 Å². The molecule has 0 unspecified atom stereocenters. The smallest absolute Gasteiger partial charge is 0.287 e. The molecular formula is C16H17N3+. The molecule has 0 amide bonds. The van der Waals surface area contributed by atoms with Gasteiger partial charge in [0.1, 0.15) is 0 Å². The maximum Gasteiger partial charge on any atom is 0.287 e. The van der Waals surface area contributed by atoms with E-state index in [0.29, 0.717) is 0 Å². The Morgan fingerprint density at radius 2 is 1.89 bits per heavy atom. The lowest BCUT2D eigenvalue weighted by molar-refractivity contribution is 1.11. The van der Waals surface area contributed by atoms with Crippen LogP contribution in [-0.2, 0) is 0 Å². The summed E-state index contributed by atoms with van der Waals surface area (Å²) in [5.41, 5.74) is 11.2. The highest BCUT2D eigenvalue weighted by Crippen LogP contribution is 2.23. The first-order valence-corrected chi connectivity index (χ1v) is 6.32. The molecule has 1 aliphatic rings. The van der Waals surface area contributed by atoms with Crippen molar-refractivity contribution in [1.29, 1.82) is 0 Å². The van der Waals surface area contributed by atoms with Crippen molar-refractivity contribution >= 4 is 23.1 Å². The van der Waals surface area contributed by atoms with Crippen LogP contribution >= 0.6 is 0 Å². The molecule has 0 saturated heterocycles. The van der Waals surface area contributed by atoms with Gasteiger partial charge in [-0.2, -0.15) is 0 Å². The summed E-state index contributed by atoms with van der Waals surface area (Å²) >= 11 is 0. The second-order valence-electron chi connectivity index (χ2n) is 5.16. The van der Waals surface area contributed by atoms with Crippen molar-refractivity contribution in [3.05, 3.63) is 52.0 Å². The predicted octanol–water partition coefficient (Wildman–Crippen LogP) is 1.07. The highest BCUT2D eigenvalue weighted by Gasteiger charge is 2.17. The Morgan fingerprint density at radius 3 is 2.63 bits per heavy atom. The van der Waals surface area contributed by atoms with E-state index in [1.807, 2.05) is 27.1 Å². The first-order valence-electron chi connectivity index (χ1n) is 6.32. The average Bonchev–Trinajstić information content (AvgIpc) is 2.37. The van der Waals surface area contributed by atoms with Crippen molar-refractivity contribution in [3.63, 3.8) is 0 Å². The Balaban J connectivity index is 2.24. The molecule has 0 saturated carbocycles. The number of aryl methyl sites for hydroxylation is 1. The highest BCUT2D eigenvalue weighted by molar-refractivity contribution is 5.70. The van der Waals surface area contributed by atoms with Crippen LogP contribution in [0.3, 0.4) is 0 Å². The summed E-state index contributed by atoms with van der Waals surface area (Å²) in [5.74, 6) is 0. The van der Waals surface area contributed by atoms with Gasteiger partial charge in [0, 0.05) is 37.6 Å². The Bertz CT molecular complexity index is 773. The van der Waals surface area contributed by atoms with Gasteiger partial charge in [-0.05, 0) is 36.8 Å². The molecule has 1 radical (unpaired) electrons. The van der Waals surface area contributed by atoms with Crippen LogP contribution in [0.1, 0.15) is 11.1 Å². The minimum Gasteiger partial charge on any atom is -0.398 e. The fraction of sp³-hybridized carbons (Fsp3) is 0.188. The van der Waals surface area contributed by atoms with E-state index in [4.69, 9.17) is 10.7 Å². The predicted molar refractivity (Wildman–Crippen MR) is 80.1 cm³/mol. The lowest BCUT2D eigenvalue weighted by Crippen LogP contribution is -2.32. The number of nitrogens with zero attached hydrogens (tertiary/aromatic N) is 2. The second kappa shape index (κ2) is 4.12. The lowest BCUT2D eigenvalue weighted by Gasteiger charge is -2.11. The first-order chi connectivity index (χ1) is 9.04. The quantitative estimate of drug-likeness (QED) is 0.658. The Morgan fingerprint density at radius 1 is 1.11 bits per heavy atom. The van der Waals surface area contributed by atoms with Crippen LogP contribution in [0.15, 0.2) is 30.3 Å². The van der Waals surface area contributed by atoms with Crippen molar-refractivity contribution in [3.8, 4) is 0 Å². The molecule has 3 heteroatoms. The Hall–Kier alpha value is -2.29. The highest BCUT2D eigenvalue weighted by atomic mass is 15.1. The third kappa shape index (κ3) is 1.97. The van der Waals surface area contributed by atoms with Crippen LogP contribution < -0.4 is 26.2 Å². The number of benzene rings is 2. The number of fused-ring (bicyclic) bond motifs is 2. The molecule has 0 spiro atoms. The molecule has 0 aromatic heterocycles. The third-order valence-electron chi connectivity index (χ3n) is 3.50. The third-order valence-corrected chi connectivity index (χ3v) is 3.50. The molecule has 0 fully saturated rings. The van der Waals surface area contributed by atoms with Gasteiger partial charge >= 0.3 is 0 Å². The zero-order valence-electron chi connectivity index (χ0n) is 11.4. The van der Waals surface area contributed by atoms with Crippen LogP contribution in [0.5, 0.6) is 0 Å². The molecule has 0 bridgehead atoms. The number of nitrogens with two attached hydrogens (primary N) is 1. The second-order valence-corrected chi connectivity index (χ2v) is 5.16. The summed E-state index contributed by atoms with van der Waals surface area (Å²) in [4.78, 5) is 6.79. The van der Waals surface area contributed by atoms with Gasteiger partial charge in [0.25, 0.3) is 11.0 Å². The fourth-order valence-electron chi connectivity index (χ4n) is 2.27. The van der Waals surface area contributed by atoms with E-state index < -0.39 is 0 Å². The Labute approximate surface area is 112 Å². The summed E-state index contributed by atoms with van der Waals surface area (Å²) in [6.07, 6.45) is 2.17. The van der Waals surface area contributed by atoms with E-state index in [1.54, 1.807) is 0 Å². The van der Waals surface area contributed by atoms with Gasteiger partial charge in [-0.15, -0.1) is 0 Å². The minimum atomic E-state index is 0.795. The number of anilines is 2. The van der Waals surface area contributed by atoms with Gasteiger partial charge in [-0.3, -0.25) is 0 Å². The number of hydrogen-bond donors (Lipinski definition) is 1. The van der Waals surface area contributed by atoms with Gasteiger partial charge in [0.05, 0.1) is 15.8 Å². The van der Waals surface area contributed by atoms with E-state index in [2.05, 4.69) is 35.2 Å². The molecule has 3 rings (SSSR count). The van der Waals surface area contributed by atoms with Crippen molar-refractivity contribution in [2.75, 3.05) is 24.7 Å². The zero-order valence-corrected chi connectivity index (χ0v) is 11.4. The van der Waals surface area contributed by atoms with Crippen molar-refractivity contribution in [1.82, 2.24) is 4.99 Å². The Kier molecular flexibility index (Phi) is 2.56. The molecule has 2 aromatic carbocycles.